The van der Waals surface area contributed by atoms with E-state index in [4.69, 9.17) is 11.6 Å². The van der Waals surface area contributed by atoms with Crippen molar-refractivity contribution in [2.24, 2.45) is 0 Å². The first-order chi connectivity index (χ1) is 9.97. The van der Waals surface area contributed by atoms with E-state index in [-0.39, 0.29) is 16.4 Å². The molecule has 0 aromatic carbocycles. The van der Waals surface area contributed by atoms with Gasteiger partial charge in [-0.1, -0.05) is 11.6 Å². The quantitative estimate of drug-likeness (QED) is 0.516. The zero-order valence-corrected chi connectivity index (χ0v) is 12.6. The molecule has 0 bridgehead atoms. The van der Waals surface area contributed by atoms with E-state index in [1.165, 1.54) is 17.4 Å². The second-order valence-electron chi connectivity index (χ2n) is 4.17. The van der Waals surface area contributed by atoms with Gasteiger partial charge < -0.3 is 5.32 Å². The Balaban J connectivity index is 2.03. The van der Waals surface area contributed by atoms with Crippen LogP contribution in [0.15, 0.2) is 17.6 Å². The highest BCUT2D eigenvalue weighted by atomic mass is 35.5. The molecule has 0 unspecified atom stereocenters. The SMILES string of the molecule is Cc1csc(CCNC(=O)c2cc(Cl)ncc2[N+](=O)[O-])n1. The Morgan fingerprint density at radius 2 is 2.33 bits per heavy atom. The molecule has 0 aliphatic rings. The number of aryl methyl sites for hydroxylation is 1. The molecule has 0 atom stereocenters. The Hall–Kier alpha value is -2.06. The summed E-state index contributed by atoms with van der Waals surface area (Å²) in [5, 5.41) is 16.3. The molecular weight excluding hydrogens is 316 g/mol. The Labute approximate surface area is 129 Å². The molecule has 0 saturated carbocycles. The predicted molar refractivity (Wildman–Crippen MR) is 78.8 cm³/mol. The lowest BCUT2D eigenvalue weighted by molar-refractivity contribution is -0.385. The van der Waals surface area contributed by atoms with E-state index in [9.17, 15) is 14.9 Å². The second kappa shape index (κ2) is 6.59. The number of nitrogens with zero attached hydrogens (tertiary/aromatic N) is 3. The van der Waals surface area contributed by atoms with Gasteiger partial charge in [0, 0.05) is 24.0 Å². The van der Waals surface area contributed by atoms with Gasteiger partial charge in [-0.25, -0.2) is 9.97 Å². The number of thiazole rings is 1. The van der Waals surface area contributed by atoms with Gasteiger partial charge in [-0.15, -0.1) is 11.3 Å². The first kappa shape index (κ1) is 15.3. The van der Waals surface area contributed by atoms with Crippen molar-refractivity contribution < 1.29 is 9.72 Å². The molecule has 1 amide bonds. The molecule has 7 nitrogen and oxygen atoms in total. The second-order valence-corrected chi connectivity index (χ2v) is 5.50. The van der Waals surface area contributed by atoms with Crippen molar-refractivity contribution >= 4 is 34.5 Å². The van der Waals surface area contributed by atoms with Crippen molar-refractivity contribution in [2.45, 2.75) is 13.3 Å². The molecule has 0 spiro atoms. The highest BCUT2D eigenvalue weighted by molar-refractivity contribution is 7.09. The zero-order valence-electron chi connectivity index (χ0n) is 11.0. The number of carbonyl (C=O) groups excluding carboxylic acids is 1. The summed E-state index contributed by atoms with van der Waals surface area (Å²) >= 11 is 7.18. The summed E-state index contributed by atoms with van der Waals surface area (Å²) < 4.78 is 0. The lowest BCUT2D eigenvalue weighted by atomic mass is 10.2. The number of halogens is 1. The fourth-order valence-electron chi connectivity index (χ4n) is 1.65. The molecule has 2 heterocycles. The summed E-state index contributed by atoms with van der Waals surface area (Å²) in [5.41, 5.74) is 0.454. The van der Waals surface area contributed by atoms with E-state index in [0.717, 1.165) is 16.9 Å². The van der Waals surface area contributed by atoms with Crippen LogP contribution in [0.4, 0.5) is 5.69 Å². The number of aromatic nitrogens is 2. The maximum absolute atomic E-state index is 12.0. The summed E-state index contributed by atoms with van der Waals surface area (Å²) in [4.78, 5) is 30.1. The van der Waals surface area contributed by atoms with Crippen molar-refractivity contribution in [1.29, 1.82) is 0 Å². The summed E-state index contributed by atoms with van der Waals surface area (Å²) in [7, 11) is 0. The molecule has 9 heteroatoms. The molecule has 0 saturated heterocycles. The minimum atomic E-state index is -0.664. The van der Waals surface area contributed by atoms with Crippen LogP contribution in [0.1, 0.15) is 21.1 Å². The van der Waals surface area contributed by atoms with E-state index in [0.29, 0.717) is 13.0 Å². The number of pyridine rings is 1. The largest absolute Gasteiger partial charge is 0.351 e. The van der Waals surface area contributed by atoms with Gasteiger partial charge in [-0.3, -0.25) is 14.9 Å². The highest BCUT2D eigenvalue weighted by Gasteiger charge is 2.21. The Morgan fingerprint density at radius 3 is 2.95 bits per heavy atom. The highest BCUT2D eigenvalue weighted by Crippen LogP contribution is 2.20. The molecule has 0 fully saturated rings. The fraction of sp³-hybridized carbons (Fsp3) is 0.250. The molecule has 110 valence electrons. The Kier molecular flexibility index (Phi) is 4.81. The third-order valence-electron chi connectivity index (χ3n) is 2.58. The van der Waals surface area contributed by atoms with Crippen molar-refractivity contribution in [1.82, 2.24) is 15.3 Å². The maximum Gasteiger partial charge on any atom is 0.300 e. The molecule has 0 radical (unpaired) electrons. The van der Waals surface area contributed by atoms with E-state index in [2.05, 4.69) is 15.3 Å². The van der Waals surface area contributed by atoms with Gasteiger partial charge in [-0.2, -0.15) is 0 Å². The zero-order chi connectivity index (χ0) is 15.4. The normalized spacial score (nSPS) is 10.4. The van der Waals surface area contributed by atoms with Gasteiger partial charge in [-0.05, 0) is 13.0 Å². The number of hydrogen-bond acceptors (Lipinski definition) is 6. The van der Waals surface area contributed by atoms with E-state index in [1.807, 2.05) is 12.3 Å². The number of nitro groups is 1. The summed E-state index contributed by atoms with van der Waals surface area (Å²) in [6.45, 7) is 2.23. The van der Waals surface area contributed by atoms with E-state index in [1.54, 1.807) is 0 Å². The number of carbonyl (C=O) groups is 1. The molecule has 2 aromatic heterocycles. The van der Waals surface area contributed by atoms with Crippen LogP contribution in [-0.2, 0) is 6.42 Å². The molecule has 0 aliphatic carbocycles. The van der Waals surface area contributed by atoms with Gasteiger partial charge in [0.25, 0.3) is 11.6 Å². The van der Waals surface area contributed by atoms with Gasteiger partial charge in [0.05, 0.1) is 9.93 Å². The predicted octanol–water partition coefficient (Wildman–Crippen LogP) is 2.38. The third-order valence-corrected chi connectivity index (χ3v) is 3.82. The average Bonchev–Trinajstić information content (AvgIpc) is 2.84. The van der Waals surface area contributed by atoms with Crippen LogP contribution >= 0.6 is 22.9 Å². The van der Waals surface area contributed by atoms with Crippen LogP contribution in [0.2, 0.25) is 5.15 Å². The van der Waals surface area contributed by atoms with Gasteiger partial charge in [0.1, 0.15) is 16.9 Å². The monoisotopic (exact) mass is 326 g/mol. The van der Waals surface area contributed by atoms with Gasteiger partial charge in [0.15, 0.2) is 0 Å². The molecule has 21 heavy (non-hydrogen) atoms. The summed E-state index contributed by atoms with van der Waals surface area (Å²) in [6.07, 6.45) is 1.54. The smallest absolute Gasteiger partial charge is 0.300 e. The number of hydrogen-bond donors (Lipinski definition) is 1. The Bertz CT molecular complexity index is 689. The topological polar surface area (TPSA) is 98.0 Å². The fourth-order valence-corrected chi connectivity index (χ4v) is 2.58. The maximum atomic E-state index is 12.0. The van der Waals surface area contributed by atoms with Crippen LogP contribution in [0.25, 0.3) is 0 Å². The molecular formula is C12H11ClN4O3S. The van der Waals surface area contributed by atoms with Crippen molar-refractivity contribution in [3.63, 3.8) is 0 Å². The Morgan fingerprint density at radius 1 is 1.57 bits per heavy atom. The minimum absolute atomic E-state index is 0.0290. The lowest BCUT2D eigenvalue weighted by Gasteiger charge is -2.05. The van der Waals surface area contributed by atoms with Crippen molar-refractivity contribution in [3.8, 4) is 0 Å². The standard InChI is InChI=1S/C12H11ClN4O3S/c1-7-6-21-11(16-7)2-3-14-12(18)8-4-10(13)15-5-9(8)17(19)20/h4-6H,2-3H2,1H3,(H,14,18). The number of nitrogens with one attached hydrogen (secondary N) is 1. The number of rotatable bonds is 5. The first-order valence-electron chi connectivity index (χ1n) is 5.96. The van der Waals surface area contributed by atoms with Crippen LogP contribution in [0.5, 0.6) is 0 Å². The minimum Gasteiger partial charge on any atom is -0.351 e. The van der Waals surface area contributed by atoms with Crippen LogP contribution in [0, 0.1) is 17.0 Å². The van der Waals surface area contributed by atoms with Crippen LogP contribution in [-0.4, -0.2) is 27.3 Å². The van der Waals surface area contributed by atoms with E-state index < -0.39 is 10.8 Å². The molecule has 2 rings (SSSR count). The summed E-state index contributed by atoms with van der Waals surface area (Å²) in [6, 6.07) is 1.18. The molecule has 1 N–H and O–H groups in total. The van der Waals surface area contributed by atoms with E-state index >= 15 is 0 Å². The van der Waals surface area contributed by atoms with Crippen molar-refractivity contribution in [2.75, 3.05) is 6.54 Å². The number of amides is 1. The van der Waals surface area contributed by atoms with Crippen LogP contribution in [0.3, 0.4) is 0 Å². The van der Waals surface area contributed by atoms with Gasteiger partial charge >= 0.3 is 0 Å². The van der Waals surface area contributed by atoms with Gasteiger partial charge in [0.2, 0.25) is 0 Å². The molecule has 2 aromatic rings. The third kappa shape index (κ3) is 3.96. The first-order valence-corrected chi connectivity index (χ1v) is 7.22. The summed E-state index contributed by atoms with van der Waals surface area (Å²) in [5.74, 6) is -0.556. The van der Waals surface area contributed by atoms with Crippen LogP contribution < -0.4 is 5.32 Å². The van der Waals surface area contributed by atoms with Crippen molar-refractivity contribution in [3.05, 3.63) is 49.2 Å². The molecule has 0 aliphatic heterocycles. The lowest BCUT2D eigenvalue weighted by Crippen LogP contribution is -2.26. The average molecular weight is 327 g/mol.